The maximum atomic E-state index is 13.6. The average Bonchev–Trinajstić information content (AvgIpc) is 2.87. The van der Waals surface area contributed by atoms with E-state index in [-0.39, 0.29) is 25.3 Å². The van der Waals surface area contributed by atoms with Crippen LogP contribution in [0.15, 0.2) is 35.3 Å². The number of nitrogens with zero attached hydrogens (tertiary/aromatic N) is 1. The lowest BCUT2D eigenvalue weighted by Gasteiger charge is -2.31. The highest BCUT2D eigenvalue weighted by Crippen LogP contribution is 2.23. The minimum Gasteiger partial charge on any atom is -0.481 e. The van der Waals surface area contributed by atoms with E-state index in [9.17, 15) is 33.9 Å². The maximum absolute atomic E-state index is 13.6. The van der Waals surface area contributed by atoms with Gasteiger partial charge in [0.25, 0.3) is 0 Å². The zero-order chi connectivity index (χ0) is 29.1. The summed E-state index contributed by atoms with van der Waals surface area (Å²) in [6, 6.07) is 2.62. The Morgan fingerprint density at radius 1 is 1.00 bits per heavy atom. The Labute approximate surface area is 224 Å². The largest absolute Gasteiger partial charge is 0.481 e. The molecule has 4 amide bonds. The number of carboxylic acids is 1. The minimum atomic E-state index is -1.61. The van der Waals surface area contributed by atoms with Crippen molar-refractivity contribution in [2.75, 3.05) is 13.1 Å². The van der Waals surface area contributed by atoms with E-state index in [0.717, 1.165) is 0 Å². The number of guanidine groups is 1. The first-order chi connectivity index (χ1) is 18.4. The van der Waals surface area contributed by atoms with Crippen LogP contribution in [0, 0.1) is 0 Å². The van der Waals surface area contributed by atoms with Crippen LogP contribution >= 0.6 is 0 Å². The minimum absolute atomic E-state index is 0.0511. The van der Waals surface area contributed by atoms with Crippen LogP contribution in [0.4, 0.5) is 0 Å². The van der Waals surface area contributed by atoms with Crippen LogP contribution < -0.4 is 38.5 Å². The van der Waals surface area contributed by atoms with Crippen LogP contribution in [0.2, 0.25) is 0 Å². The van der Waals surface area contributed by atoms with Crippen LogP contribution in [-0.2, 0) is 28.8 Å². The van der Waals surface area contributed by atoms with E-state index in [1.54, 1.807) is 30.3 Å². The van der Waals surface area contributed by atoms with Crippen LogP contribution in [0.5, 0.6) is 0 Å². The summed E-state index contributed by atoms with van der Waals surface area (Å²) in [7, 11) is 0. The number of amides is 4. The molecule has 39 heavy (non-hydrogen) atoms. The van der Waals surface area contributed by atoms with E-state index >= 15 is 0 Å². The number of hydrogen-bond acceptors (Lipinski definition) is 8. The third-order valence-corrected chi connectivity index (χ3v) is 5.86. The third-order valence-electron chi connectivity index (χ3n) is 5.86. The second kappa shape index (κ2) is 14.4. The van der Waals surface area contributed by atoms with Crippen molar-refractivity contribution in [2.45, 2.75) is 56.3 Å². The van der Waals surface area contributed by atoms with Crippen molar-refractivity contribution in [2.24, 2.45) is 22.2 Å². The second-order valence-corrected chi connectivity index (χ2v) is 9.01. The number of nitrogens with one attached hydrogen (secondary N) is 4. The summed E-state index contributed by atoms with van der Waals surface area (Å²) >= 11 is 0. The topological polar surface area (TPSA) is 261 Å². The molecule has 11 N–H and O–H groups in total. The lowest BCUT2D eigenvalue weighted by molar-refractivity contribution is -0.142. The first kappa shape index (κ1) is 30.7. The molecule has 0 radical (unpaired) electrons. The molecule has 15 heteroatoms. The summed E-state index contributed by atoms with van der Waals surface area (Å²) < 4.78 is 0. The maximum Gasteiger partial charge on any atom is 0.305 e. The number of carboxylic acid groups (broad SMARTS) is 1. The molecule has 15 nitrogen and oxygen atoms in total. The molecule has 2 rings (SSSR count). The van der Waals surface area contributed by atoms with E-state index in [1.807, 2.05) is 0 Å². The summed E-state index contributed by atoms with van der Waals surface area (Å²) in [5.41, 5.74) is 16.9. The molecule has 0 saturated carbocycles. The van der Waals surface area contributed by atoms with Gasteiger partial charge in [-0.15, -0.1) is 0 Å². The van der Waals surface area contributed by atoms with Gasteiger partial charge in [-0.25, -0.2) is 0 Å². The first-order valence-electron chi connectivity index (χ1n) is 12.2. The van der Waals surface area contributed by atoms with Gasteiger partial charge < -0.3 is 43.6 Å². The molecule has 0 bridgehead atoms. The number of aliphatic imine (C=N–C) groups is 1. The predicted octanol–water partition coefficient (Wildman–Crippen LogP) is -3.20. The molecule has 1 aliphatic heterocycles. The van der Waals surface area contributed by atoms with Crippen molar-refractivity contribution in [3.05, 3.63) is 35.9 Å². The van der Waals surface area contributed by atoms with Crippen LogP contribution in [-0.4, -0.2) is 83.7 Å². The van der Waals surface area contributed by atoms with E-state index in [4.69, 9.17) is 17.2 Å². The number of nitrogens with two attached hydrogens (primary N) is 3. The Balaban J connectivity index is 2.54. The zero-order valence-corrected chi connectivity index (χ0v) is 21.4. The summed E-state index contributed by atoms with van der Waals surface area (Å²) in [5, 5.41) is 18.8. The number of carbonyl (C=O) groups excluding carboxylic acids is 5. The van der Waals surface area contributed by atoms with Gasteiger partial charge in [0.1, 0.15) is 18.1 Å². The second-order valence-electron chi connectivity index (χ2n) is 9.01. The van der Waals surface area contributed by atoms with Gasteiger partial charge in [-0.1, -0.05) is 30.3 Å². The lowest BCUT2D eigenvalue weighted by atomic mass is 9.84. The van der Waals surface area contributed by atoms with Gasteiger partial charge >= 0.3 is 5.97 Å². The van der Waals surface area contributed by atoms with Gasteiger partial charge in [-0.05, 0) is 25.3 Å². The Hall–Kier alpha value is -4.53. The highest BCUT2D eigenvalue weighted by atomic mass is 16.4. The predicted molar refractivity (Wildman–Crippen MR) is 139 cm³/mol. The summed E-state index contributed by atoms with van der Waals surface area (Å²) in [4.78, 5) is 80.6. The van der Waals surface area contributed by atoms with Gasteiger partial charge in [0.05, 0.1) is 24.9 Å². The monoisotopic (exact) mass is 546 g/mol. The van der Waals surface area contributed by atoms with Crippen molar-refractivity contribution in [1.82, 2.24) is 21.3 Å². The number of benzene rings is 1. The number of aliphatic carboxylic acids is 1. The Kier molecular flexibility index (Phi) is 11.3. The highest BCUT2D eigenvalue weighted by Gasteiger charge is 2.40. The van der Waals surface area contributed by atoms with Gasteiger partial charge in [-0.2, -0.15) is 0 Å². The summed E-state index contributed by atoms with van der Waals surface area (Å²) in [5.74, 6) is -6.92. The van der Waals surface area contributed by atoms with Gasteiger partial charge in [-0.3, -0.25) is 33.8 Å². The van der Waals surface area contributed by atoms with Crippen LogP contribution in [0.3, 0.4) is 0 Å². The molecule has 1 unspecified atom stereocenters. The normalized spacial score (nSPS) is 21.9. The van der Waals surface area contributed by atoms with E-state index in [0.29, 0.717) is 5.56 Å². The van der Waals surface area contributed by atoms with E-state index in [2.05, 4.69) is 26.3 Å². The molecule has 0 aliphatic carbocycles. The van der Waals surface area contributed by atoms with E-state index in [1.165, 1.54) is 6.92 Å². The molecule has 1 saturated heterocycles. The first-order valence-corrected chi connectivity index (χ1v) is 12.2. The fourth-order valence-electron chi connectivity index (χ4n) is 3.97. The molecule has 212 valence electrons. The van der Waals surface area contributed by atoms with Crippen molar-refractivity contribution >= 4 is 41.3 Å². The summed E-state index contributed by atoms with van der Waals surface area (Å²) in [6.07, 6.45) is -0.499. The molecule has 5 atom stereocenters. The molecule has 1 aromatic rings. The molecule has 1 aromatic carbocycles. The van der Waals surface area contributed by atoms with Gasteiger partial charge in [0, 0.05) is 6.54 Å². The molecule has 1 fully saturated rings. The SMILES string of the molecule is C[C@H](N)C(=O)C(c1ccccc1)[C@@H]1NC(=O)[C@H](CC(=O)O)NC(=O)CNC(=O)[C@H](CCCN=C(N)N)NC1=O. The third kappa shape index (κ3) is 9.37. The Morgan fingerprint density at radius 2 is 1.67 bits per heavy atom. The van der Waals surface area contributed by atoms with Crippen molar-refractivity contribution < 1.29 is 33.9 Å². The smallest absolute Gasteiger partial charge is 0.305 e. The van der Waals surface area contributed by atoms with Crippen molar-refractivity contribution in [1.29, 1.82) is 0 Å². The molecule has 0 spiro atoms. The number of rotatable bonds is 10. The van der Waals surface area contributed by atoms with Crippen LogP contribution in [0.1, 0.15) is 37.7 Å². The average molecular weight is 547 g/mol. The number of hydrogen-bond donors (Lipinski definition) is 8. The Bertz CT molecular complexity index is 1100. The fourth-order valence-corrected chi connectivity index (χ4v) is 3.97. The van der Waals surface area contributed by atoms with Crippen LogP contribution in [0.25, 0.3) is 0 Å². The fraction of sp³-hybridized carbons (Fsp3) is 0.458. The molecule has 1 heterocycles. The van der Waals surface area contributed by atoms with Crippen molar-refractivity contribution in [3.63, 3.8) is 0 Å². The number of Topliss-reactive ketones (excluding diaryl/α,β-unsaturated/α-hetero) is 1. The number of ketones is 1. The van der Waals surface area contributed by atoms with Gasteiger partial charge in [0.2, 0.25) is 23.6 Å². The quantitative estimate of drug-likeness (QED) is 0.0827. The summed E-state index contributed by atoms with van der Waals surface area (Å²) in [6.45, 7) is 0.984. The molecule has 1 aliphatic rings. The number of carbonyl (C=O) groups is 6. The van der Waals surface area contributed by atoms with Crippen molar-refractivity contribution in [3.8, 4) is 0 Å². The lowest BCUT2D eigenvalue weighted by Crippen LogP contribution is -2.62. The highest BCUT2D eigenvalue weighted by molar-refractivity contribution is 6.02. The van der Waals surface area contributed by atoms with Gasteiger partial charge in [0.15, 0.2) is 11.7 Å². The molecular formula is C24H34N8O7. The molecule has 0 aromatic heterocycles. The zero-order valence-electron chi connectivity index (χ0n) is 21.4. The van der Waals surface area contributed by atoms with E-state index < -0.39 is 78.4 Å². The molecular weight excluding hydrogens is 512 g/mol. The standard InChI is InChI=1S/C24H34N8O7/c1-12(25)20(36)18(13-6-3-2-4-7-13)19-23(39)31-14(8-5-9-28-24(26)27)21(37)29-11-16(33)30-15(10-17(34)35)22(38)32-19/h2-4,6-7,12,14-15,18-19H,5,8-11,25H2,1H3,(H,29,37)(H,30,33)(H,31,39)(H,32,38)(H,34,35)(H4,26,27,28)/t12-,14-,15-,18?,19-/m0/s1. The Morgan fingerprint density at radius 3 is 2.26 bits per heavy atom.